The second kappa shape index (κ2) is 4.06. The van der Waals surface area contributed by atoms with E-state index in [4.69, 9.17) is 5.11 Å². The molecule has 0 unspecified atom stereocenters. The van der Waals surface area contributed by atoms with Gasteiger partial charge in [-0.1, -0.05) is 13.3 Å². The van der Waals surface area contributed by atoms with Crippen molar-refractivity contribution in [2.45, 2.75) is 19.8 Å². The summed E-state index contributed by atoms with van der Waals surface area (Å²) in [5, 5.41) is 8.27. The molecule has 0 saturated heterocycles. The molecule has 0 aromatic carbocycles. The zero-order valence-electron chi connectivity index (χ0n) is 5.33. The molecule has 9 heavy (non-hydrogen) atoms. The van der Waals surface area contributed by atoms with Gasteiger partial charge in [-0.15, -0.1) is 0 Å². The van der Waals surface area contributed by atoms with Crippen molar-refractivity contribution in [2.75, 3.05) is 0 Å². The molecule has 0 rings (SSSR count). The summed E-state index contributed by atoms with van der Waals surface area (Å²) < 4.78 is 0. The largest absolute Gasteiger partial charge is 0.481 e. The van der Waals surface area contributed by atoms with Crippen LogP contribution in [-0.2, 0) is 9.59 Å². The zero-order chi connectivity index (χ0) is 7.28. The number of aliphatic carboxylic acids is 1. The van der Waals surface area contributed by atoms with E-state index in [1.165, 1.54) is 0 Å². The molecule has 1 N–H and O–H groups in total. The number of carboxylic acid groups (broad SMARTS) is 1. The van der Waals surface area contributed by atoms with Gasteiger partial charge in [-0.05, 0) is 6.42 Å². The highest BCUT2D eigenvalue weighted by molar-refractivity contribution is 5.86. The fourth-order valence-corrected chi connectivity index (χ4v) is 0.561. The van der Waals surface area contributed by atoms with E-state index < -0.39 is 11.9 Å². The summed E-state index contributed by atoms with van der Waals surface area (Å²) >= 11 is 0. The van der Waals surface area contributed by atoms with E-state index in [1.54, 1.807) is 0 Å². The molecule has 52 valence electrons. The summed E-state index contributed by atoms with van der Waals surface area (Å²) in [4.78, 5) is 20.0. The SMILES string of the molecule is CCC[C@H](C=O)C(=O)O. The minimum Gasteiger partial charge on any atom is -0.481 e. The molecular weight excluding hydrogens is 120 g/mol. The van der Waals surface area contributed by atoms with Crippen molar-refractivity contribution < 1.29 is 14.7 Å². The van der Waals surface area contributed by atoms with Gasteiger partial charge in [-0.2, -0.15) is 0 Å². The number of carboxylic acids is 1. The maximum Gasteiger partial charge on any atom is 0.313 e. The average molecular weight is 130 g/mol. The Morgan fingerprint density at radius 1 is 1.78 bits per heavy atom. The summed E-state index contributed by atoms with van der Waals surface area (Å²) in [6, 6.07) is 0. The number of hydrogen-bond acceptors (Lipinski definition) is 2. The zero-order valence-corrected chi connectivity index (χ0v) is 5.33. The predicted octanol–water partition coefficient (Wildman–Crippen LogP) is 0.686. The monoisotopic (exact) mass is 130 g/mol. The fourth-order valence-electron chi connectivity index (χ4n) is 0.561. The van der Waals surface area contributed by atoms with Gasteiger partial charge < -0.3 is 9.90 Å². The minimum atomic E-state index is -1.02. The Morgan fingerprint density at radius 3 is 2.44 bits per heavy atom. The van der Waals surface area contributed by atoms with E-state index in [0.29, 0.717) is 12.7 Å². The molecule has 0 aliphatic rings. The quantitative estimate of drug-likeness (QED) is 0.450. The Hall–Kier alpha value is -0.860. The molecule has 0 heterocycles. The summed E-state index contributed by atoms with van der Waals surface area (Å²) in [5.74, 6) is -1.82. The smallest absolute Gasteiger partial charge is 0.313 e. The Bertz CT molecular complexity index is 109. The lowest BCUT2D eigenvalue weighted by Crippen LogP contribution is -2.14. The Labute approximate surface area is 53.7 Å². The van der Waals surface area contributed by atoms with E-state index in [9.17, 15) is 9.59 Å². The Kier molecular flexibility index (Phi) is 3.67. The molecule has 0 aromatic rings. The highest BCUT2D eigenvalue weighted by Crippen LogP contribution is 2.01. The molecule has 0 aliphatic carbocycles. The molecule has 0 aromatic heterocycles. The van der Waals surface area contributed by atoms with Crippen molar-refractivity contribution in [3.63, 3.8) is 0 Å². The van der Waals surface area contributed by atoms with Crippen molar-refractivity contribution in [1.29, 1.82) is 0 Å². The van der Waals surface area contributed by atoms with E-state index in [-0.39, 0.29) is 0 Å². The lowest BCUT2D eigenvalue weighted by Gasteiger charge is -1.98. The number of rotatable bonds is 4. The molecular formula is C6H10O3. The third kappa shape index (κ3) is 2.85. The van der Waals surface area contributed by atoms with Crippen molar-refractivity contribution in [1.82, 2.24) is 0 Å². The van der Waals surface area contributed by atoms with Crippen LogP contribution in [0.3, 0.4) is 0 Å². The van der Waals surface area contributed by atoms with Gasteiger partial charge in [-0.3, -0.25) is 4.79 Å². The van der Waals surface area contributed by atoms with Crippen molar-refractivity contribution in [3.8, 4) is 0 Å². The van der Waals surface area contributed by atoms with E-state index in [1.807, 2.05) is 6.92 Å². The van der Waals surface area contributed by atoms with Crippen LogP contribution in [0.2, 0.25) is 0 Å². The van der Waals surface area contributed by atoms with Crippen LogP contribution in [0.4, 0.5) is 0 Å². The van der Waals surface area contributed by atoms with E-state index in [0.717, 1.165) is 6.42 Å². The van der Waals surface area contributed by atoms with Crippen LogP contribution in [0, 0.1) is 5.92 Å². The van der Waals surface area contributed by atoms with E-state index >= 15 is 0 Å². The molecule has 0 radical (unpaired) electrons. The number of carbonyl (C=O) groups excluding carboxylic acids is 1. The predicted molar refractivity (Wildman–Crippen MR) is 32.1 cm³/mol. The Balaban J connectivity index is 3.68. The van der Waals surface area contributed by atoms with Crippen LogP contribution in [0.5, 0.6) is 0 Å². The molecule has 0 amide bonds. The van der Waals surface area contributed by atoms with Crippen LogP contribution in [-0.4, -0.2) is 17.4 Å². The summed E-state index contributed by atoms with van der Waals surface area (Å²) in [7, 11) is 0. The van der Waals surface area contributed by atoms with Crippen LogP contribution in [0.15, 0.2) is 0 Å². The molecule has 0 spiro atoms. The normalized spacial score (nSPS) is 12.6. The highest BCUT2D eigenvalue weighted by atomic mass is 16.4. The van der Waals surface area contributed by atoms with Crippen LogP contribution in [0.25, 0.3) is 0 Å². The third-order valence-corrected chi connectivity index (χ3v) is 1.08. The van der Waals surface area contributed by atoms with Gasteiger partial charge >= 0.3 is 5.97 Å². The second-order valence-corrected chi connectivity index (χ2v) is 1.87. The Morgan fingerprint density at radius 2 is 2.33 bits per heavy atom. The van der Waals surface area contributed by atoms with Crippen LogP contribution >= 0.6 is 0 Å². The first-order valence-electron chi connectivity index (χ1n) is 2.90. The van der Waals surface area contributed by atoms with Crippen LogP contribution in [0.1, 0.15) is 19.8 Å². The molecule has 3 nitrogen and oxygen atoms in total. The molecule has 1 atom stereocenters. The maximum atomic E-state index is 10.1. The number of carbonyl (C=O) groups is 2. The van der Waals surface area contributed by atoms with Gasteiger partial charge in [0, 0.05) is 0 Å². The van der Waals surface area contributed by atoms with Crippen LogP contribution < -0.4 is 0 Å². The minimum absolute atomic E-state index is 0.443. The molecule has 0 aliphatic heterocycles. The van der Waals surface area contributed by atoms with Gasteiger partial charge in [0.05, 0.1) is 0 Å². The van der Waals surface area contributed by atoms with Gasteiger partial charge in [0.25, 0.3) is 0 Å². The van der Waals surface area contributed by atoms with Crippen molar-refractivity contribution in [3.05, 3.63) is 0 Å². The maximum absolute atomic E-state index is 10.1. The third-order valence-electron chi connectivity index (χ3n) is 1.08. The first-order valence-corrected chi connectivity index (χ1v) is 2.90. The van der Waals surface area contributed by atoms with E-state index in [2.05, 4.69) is 0 Å². The summed E-state index contributed by atoms with van der Waals surface area (Å²) in [5.41, 5.74) is 0. The standard InChI is InChI=1S/C6H10O3/c1-2-3-5(4-7)6(8)9/h4-5H,2-3H2,1H3,(H,8,9)/t5-/m1/s1. The number of hydrogen-bond donors (Lipinski definition) is 1. The number of aldehydes is 1. The fraction of sp³-hybridized carbons (Fsp3) is 0.667. The lowest BCUT2D eigenvalue weighted by atomic mass is 10.1. The average Bonchev–Trinajstić information content (AvgIpc) is 1.82. The first-order chi connectivity index (χ1) is 4.22. The molecule has 0 fully saturated rings. The van der Waals surface area contributed by atoms with Gasteiger partial charge in [0.1, 0.15) is 12.2 Å². The first kappa shape index (κ1) is 8.14. The molecule has 0 bridgehead atoms. The summed E-state index contributed by atoms with van der Waals surface area (Å²) in [6.07, 6.45) is 1.65. The van der Waals surface area contributed by atoms with Crippen molar-refractivity contribution >= 4 is 12.3 Å². The van der Waals surface area contributed by atoms with Gasteiger partial charge in [0.15, 0.2) is 0 Å². The summed E-state index contributed by atoms with van der Waals surface area (Å²) in [6.45, 7) is 1.85. The van der Waals surface area contributed by atoms with Crippen molar-refractivity contribution in [2.24, 2.45) is 5.92 Å². The topological polar surface area (TPSA) is 54.4 Å². The highest BCUT2D eigenvalue weighted by Gasteiger charge is 2.13. The lowest BCUT2D eigenvalue weighted by molar-refractivity contribution is -0.143. The molecule has 0 saturated carbocycles. The van der Waals surface area contributed by atoms with Gasteiger partial charge in [-0.25, -0.2) is 0 Å². The second-order valence-electron chi connectivity index (χ2n) is 1.87. The molecule has 3 heteroatoms. The van der Waals surface area contributed by atoms with Gasteiger partial charge in [0.2, 0.25) is 0 Å².